The highest BCUT2D eigenvalue weighted by Crippen LogP contribution is 2.29. The first-order chi connectivity index (χ1) is 8.54. The fourth-order valence-corrected chi connectivity index (χ4v) is 2.24. The number of halogens is 1. The molecule has 1 aliphatic rings. The van der Waals surface area contributed by atoms with Crippen LogP contribution in [0.5, 0.6) is 0 Å². The van der Waals surface area contributed by atoms with Crippen molar-refractivity contribution in [2.45, 2.75) is 23.8 Å². The van der Waals surface area contributed by atoms with Crippen LogP contribution in [-0.2, 0) is 4.74 Å². The number of aromatic nitrogens is 1. The number of pyridine rings is 1. The molecule has 0 spiro atoms. The van der Waals surface area contributed by atoms with Gasteiger partial charge in [-0.1, -0.05) is 0 Å². The molecule has 2 heterocycles. The fraction of sp³-hybridized carbons (Fsp3) is 0.455. The van der Waals surface area contributed by atoms with Crippen molar-refractivity contribution >= 4 is 17.5 Å². The van der Waals surface area contributed by atoms with E-state index in [0.717, 1.165) is 0 Å². The molecule has 1 aliphatic heterocycles. The topological polar surface area (TPSA) is 96.7 Å². The Morgan fingerprint density at radius 3 is 2.89 bits per heavy atom. The number of primary amides is 1. The minimum absolute atomic E-state index is 0.312. The maximum atomic E-state index is 11.1. The van der Waals surface area contributed by atoms with Crippen LogP contribution in [0, 0.1) is 0 Å². The number of nitrogens with two attached hydrogens (primary N) is 1. The van der Waals surface area contributed by atoms with E-state index in [1.54, 1.807) is 22.9 Å². The first-order valence-electron chi connectivity index (χ1n) is 5.43. The van der Waals surface area contributed by atoms with Gasteiger partial charge in [0.25, 0.3) is 12.1 Å². The summed E-state index contributed by atoms with van der Waals surface area (Å²) in [6, 6.07) is 3.20. The van der Waals surface area contributed by atoms with Gasteiger partial charge in [-0.3, -0.25) is 4.79 Å². The average Bonchev–Trinajstić information content (AvgIpc) is 2.66. The van der Waals surface area contributed by atoms with Crippen molar-refractivity contribution < 1.29 is 24.3 Å². The molecule has 18 heavy (non-hydrogen) atoms. The predicted octanol–water partition coefficient (Wildman–Crippen LogP) is -1.07. The normalized spacial score (nSPS) is 31.5. The summed E-state index contributed by atoms with van der Waals surface area (Å²) in [5.41, 5.74) is 5.49. The molecule has 6 nitrogen and oxygen atoms in total. The van der Waals surface area contributed by atoms with Crippen LogP contribution in [0.15, 0.2) is 24.5 Å². The molecule has 0 bridgehead atoms. The smallest absolute Gasteiger partial charge is 0.282 e. The highest BCUT2D eigenvalue weighted by atomic mass is 35.5. The maximum Gasteiger partial charge on any atom is 0.282 e. The van der Waals surface area contributed by atoms with E-state index in [-0.39, 0.29) is 6.61 Å². The number of aliphatic hydroxyl groups is 2. The molecule has 98 valence electrons. The minimum atomic E-state index is -0.966. The number of alkyl halides is 1. The second-order valence-corrected chi connectivity index (χ2v) is 4.59. The zero-order chi connectivity index (χ0) is 13.3. The summed E-state index contributed by atoms with van der Waals surface area (Å²) in [6.07, 6.45) is 0.792. The van der Waals surface area contributed by atoms with Crippen molar-refractivity contribution in [2.24, 2.45) is 5.73 Å². The molecule has 0 saturated carbocycles. The van der Waals surface area contributed by atoms with Crippen LogP contribution in [0.2, 0.25) is 0 Å². The Morgan fingerprint density at radius 1 is 1.61 bits per heavy atom. The lowest BCUT2D eigenvalue weighted by Gasteiger charge is -2.09. The first kappa shape index (κ1) is 13.2. The van der Waals surface area contributed by atoms with Crippen molar-refractivity contribution in [1.29, 1.82) is 0 Å². The Kier molecular flexibility index (Phi) is 3.82. The highest BCUT2D eigenvalue weighted by molar-refractivity contribution is 6.21. The minimum Gasteiger partial charge on any atom is -0.394 e. The van der Waals surface area contributed by atoms with Crippen LogP contribution in [0.1, 0.15) is 16.6 Å². The van der Waals surface area contributed by atoms with Gasteiger partial charge in [-0.05, 0) is 6.07 Å². The Morgan fingerprint density at radius 2 is 2.33 bits per heavy atom. The summed E-state index contributed by atoms with van der Waals surface area (Å²) in [6.45, 7) is -0.322. The molecule has 4 N–H and O–H groups in total. The van der Waals surface area contributed by atoms with E-state index >= 15 is 0 Å². The van der Waals surface area contributed by atoms with Crippen molar-refractivity contribution in [2.75, 3.05) is 6.61 Å². The van der Waals surface area contributed by atoms with Gasteiger partial charge in [0, 0.05) is 6.07 Å². The molecule has 0 radical (unpaired) electrons. The van der Waals surface area contributed by atoms with Crippen molar-refractivity contribution in [3.63, 3.8) is 0 Å². The third-order valence-corrected chi connectivity index (χ3v) is 3.35. The van der Waals surface area contributed by atoms with Gasteiger partial charge >= 0.3 is 0 Å². The Bertz CT molecular complexity index is 456. The Balaban J connectivity index is 2.27. The molecule has 1 saturated heterocycles. The van der Waals surface area contributed by atoms with Crippen LogP contribution in [0.25, 0.3) is 0 Å². The summed E-state index contributed by atoms with van der Waals surface area (Å²) in [4.78, 5) is 11.1. The third-order valence-electron chi connectivity index (χ3n) is 2.87. The summed E-state index contributed by atoms with van der Waals surface area (Å²) < 4.78 is 6.99. The zero-order valence-electron chi connectivity index (χ0n) is 9.44. The molecule has 1 unspecified atom stereocenters. The van der Waals surface area contributed by atoms with Gasteiger partial charge in [0.15, 0.2) is 17.8 Å². The Labute approximate surface area is 109 Å². The summed E-state index contributed by atoms with van der Waals surface area (Å²) in [7, 11) is 0. The molecular weight excluding hydrogens is 260 g/mol. The molecule has 0 aliphatic carbocycles. The van der Waals surface area contributed by atoms with E-state index in [0.29, 0.717) is 5.56 Å². The number of ether oxygens (including phenoxy) is 1. The van der Waals surface area contributed by atoms with Crippen LogP contribution < -0.4 is 10.3 Å². The van der Waals surface area contributed by atoms with Gasteiger partial charge in [0.1, 0.15) is 17.8 Å². The quantitative estimate of drug-likeness (QED) is 0.483. The van der Waals surface area contributed by atoms with E-state index in [1.165, 1.54) is 6.20 Å². The summed E-state index contributed by atoms with van der Waals surface area (Å²) >= 11 is 6.05. The summed E-state index contributed by atoms with van der Waals surface area (Å²) in [5.74, 6) is -0.562. The standard InChI is InChI=1S/C11H13ClN2O4/c12-8-9(16)7(5-15)18-11(8)14-3-1-2-6(4-14)10(13)17/h1-4,7-9,11,15-16H,5H2,(H-,13,17)/p+1/t7-,8+,9?,11+/m1/s1. The number of carbonyl (C=O) groups is 1. The second-order valence-electron chi connectivity index (χ2n) is 4.09. The van der Waals surface area contributed by atoms with Gasteiger partial charge in [-0.15, -0.1) is 11.6 Å². The molecule has 1 amide bonds. The predicted molar refractivity (Wildman–Crippen MR) is 61.8 cm³/mol. The van der Waals surface area contributed by atoms with E-state index in [1.807, 2.05) is 0 Å². The number of nitrogens with zero attached hydrogens (tertiary/aromatic N) is 1. The lowest BCUT2D eigenvalue weighted by Crippen LogP contribution is -2.44. The largest absolute Gasteiger partial charge is 0.394 e. The van der Waals surface area contributed by atoms with E-state index in [9.17, 15) is 9.90 Å². The van der Waals surface area contributed by atoms with Crippen molar-refractivity contribution in [3.05, 3.63) is 30.1 Å². The monoisotopic (exact) mass is 273 g/mol. The second kappa shape index (κ2) is 5.19. The lowest BCUT2D eigenvalue weighted by atomic mass is 10.2. The molecule has 1 aromatic heterocycles. The summed E-state index contributed by atoms with van der Waals surface area (Å²) in [5, 5.41) is 18.1. The number of amides is 1. The first-order valence-corrected chi connectivity index (χ1v) is 5.87. The SMILES string of the molecule is NC(=O)c1ccc[n+]([C@H]2O[C@H](CO)C(O)[C@@H]2Cl)c1. The van der Waals surface area contributed by atoms with Gasteiger partial charge in [0.05, 0.1) is 6.61 Å². The van der Waals surface area contributed by atoms with E-state index in [4.69, 9.17) is 27.2 Å². The molecular formula is C11H14ClN2O4+. The molecule has 2 rings (SSSR count). The zero-order valence-corrected chi connectivity index (χ0v) is 10.2. The van der Waals surface area contributed by atoms with E-state index < -0.39 is 29.7 Å². The van der Waals surface area contributed by atoms with E-state index in [2.05, 4.69) is 0 Å². The van der Waals surface area contributed by atoms with Gasteiger partial charge in [-0.25, -0.2) is 0 Å². The maximum absolute atomic E-state index is 11.1. The van der Waals surface area contributed by atoms with Crippen molar-refractivity contribution in [1.82, 2.24) is 0 Å². The van der Waals surface area contributed by atoms with Crippen LogP contribution in [0.4, 0.5) is 0 Å². The van der Waals surface area contributed by atoms with Crippen molar-refractivity contribution in [3.8, 4) is 0 Å². The number of hydrogen-bond donors (Lipinski definition) is 3. The highest BCUT2D eigenvalue weighted by Gasteiger charge is 2.47. The fourth-order valence-electron chi connectivity index (χ4n) is 1.89. The number of hydrogen-bond acceptors (Lipinski definition) is 4. The van der Waals surface area contributed by atoms with Crippen LogP contribution in [-0.4, -0.2) is 40.3 Å². The van der Waals surface area contributed by atoms with Gasteiger partial charge in [-0.2, -0.15) is 4.57 Å². The van der Waals surface area contributed by atoms with Crippen LogP contribution in [0.3, 0.4) is 0 Å². The third kappa shape index (κ3) is 2.32. The number of aliphatic hydroxyl groups excluding tert-OH is 2. The molecule has 4 atom stereocenters. The molecule has 0 aromatic carbocycles. The number of rotatable bonds is 3. The average molecular weight is 274 g/mol. The molecule has 1 aromatic rings. The molecule has 7 heteroatoms. The van der Waals surface area contributed by atoms with Crippen LogP contribution >= 0.6 is 11.6 Å². The van der Waals surface area contributed by atoms with Gasteiger partial charge < -0.3 is 20.7 Å². The lowest BCUT2D eigenvalue weighted by molar-refractivity contribution is -0.758. The number of carbonyl (C=O) groups excluding carboxylic acids is 1. The van der Waals surface area contributed by atoms with Gasteiger partial charge in [0.2, 0.25) is 0 Å². The molecule has 1 fully saturated rings. The Hall–Kier alpha value is -1.21.